The minimum Gasteiger partial charge on any atom is -0.165 e. The highest BCUT2D eigenvalue weighted by Gasteiger charge is 1.93. The maximum absolute atomic E-state index is 2.23. The number of unbranched alkanes of at least 4 members (excludes halogenated alkanes) is 4. The molecule has 15 heavy (non-hydrogen) atoms. The van der Waals surface area contributed by atoms with Gasteiger partial charge in [-0.1, -0.05) is 49.6 Å². The Morgan fingerprint density at radius 1 is 0.867 bits per heavy atom. The highest BCUT2D eigenvalue weighted by Crippen LogP contribution is 2.09. The van der Waals surface area contributed by atoms with Crippen molar-refractivity contribution in [2.45, 2.75) is 38.5 Å². The third-order valence-electron chi connectivity index (χ3n) is 2.66. The van der Waals surface area contributed by atoms with Crippen LogP contribution in [0.3, 0.4) is 0 Å². The third-order valence-corrected chi connectivity index (χ3v) is 3.35. The molecule has 0 spiro atoms. The molecule has 0 fully saturated rings. The highest BCUT2D eigenvalue weighted by atomic mass is 32.2. The molecule has 1 aromatic rings. The molecule has 1 aromatic carbocycles. The molecule has 0 atom stereocenters. The van der Waals surface area contributed by atoms with Crippen LogP contribution in [0.15, 0.2) is 30.3 Å². The molecule has 0 N–H and O–H groups in total. The second-order valence-corrected chi connectivity index (χ2v) is 4.98. The lowest BCUT2D eigenvalue weighted by atomic mass is 10.1. The molecular weight excluding hydrogens is 200 g/mol. The lowest BCUT2D eigenvalue weighted by Gasteiger charge is -2.01. The summed E-state index contributed by atoms with van der Waals surface area (Å²) in [6.07, 6.45) is 10.4. The Labute approximate surface area is 98.5 Å². The first-order valence-corrected chi connectivity index (χ1v) is 7.36. The van der Waals surface area contributed by atoms with E-state index < -0.39 is 0 Å². The van der Waals surface area contributed by atoms with E-state index in [1.807, 2.05) is 11.8 Å². The molecule has 0 aliphatic rings. The lowest BCUT2D eigenvalue weighted by Crippen LogP contribution is -1.86. The quantitative estimate of drug-likeness (QED) is 0.582. The van der Waals surface area contributed by atoms with Gasteiger partial charge in [0.25, 0.3) is 0 Å². The monoisotopic (exact) mass is 222 g/mol. The van der Waals surface area contributed by atoms with E-state index >= 15 is 0 Å². The standard InChI is InChI=1S/C14H22S/c1-15-13-9-4-2-3-6-10-14-11-7-5-8-12-14/h5,7-8,11-12H,2-4,6,9-10,13H2,1H3. The van der Waals surface area contributed by atoms with Crippen molar-refractivity contribution in [2.24, 2.45) is 0 Å². The van der Waals surface area contributed by atoms with Gasteiger partial charge < -0.3 is 0 Å². The number of hydrogen-bond donors (Lipinski definition) is 0. The van der Waals surface area contributed by atoms with Gasteiger partial charge in [-0.3, -0.25) is 0 Å². The van der Waals surface area contributed by atoms with Gasteiger partial charge in [-0.15, -0.1) is 0 Å². The van der Waals surface area contributed by atoms with E-state index in [0.29, 0.717) is 0 Å². The van der Waals surface area contributed by atoms with E-state index in [9.17, 15) is 0 Å². The van der Waals surface area contributed by atoms with Crippen molar-refractivity contribution >= 4 is 11.8 Å². The van der Waals surface area contributed by atoms with Crippen LogP contribution >= 0.6 is 11.8 Å². The zero-order valence-electron chi connectivity index (χ0n) is 9.74. The summed E-state index contributed by atoms with van der Waals surface area (Å²) in [4.78, 5) is 0. The predicted octanol–water partition coefficient (Wildman–Crippen LogP) is 4.54. The maximum atomic E-state index is 2.23. The third kappa shape index (κ3) is 6.62. The van der Waals surface area contributed by atoms with E-state index in [0.717, 1.165) is 0 Å². The van der Waals surface area contributed by atoms with Crippen molar-refractivity contribution in [3.63, 3.8) is 0 Å². The van der Waals surface area contributed by atoms with Crippen LogP contribution in [0.4, 0.5) is 0 Å². The molecule has 0 saturated carbocycles. The predicted molar refractivity (Wildman–Crippen MR) is 71.6 cm³/mol. The Morgan fingerprint density at radius 2 is 1.53 bits per heavy atom. The van der Waals surface area contributed by atoms with Gasteiger partial charge in [-0.2, -0.15) is 11.8 Å². The van der Waals surface area contributed by atoms with Gasteiger partial charge in [0.1, 0.15) is 0 Å². The van der Waals surface area contributed by atoms with Gasteiger partial charge in [0.2, 0.25) is 0 Å². The Bertz CT molecular complexity index is 230. The fraction of sp³-hybridized carbons (Fsp3) is 0.571. The molecule has 0 saturated heterocycles. The fourth-order valence-corrected chi connectivity index (χ4v) is 2.24. The fourth-order valence-electron chi connectivity index (χ4n) is 1.75. The van der Waals surface area contributed by atoms with E-state index in [1.165, 1.54) is 49.8 Å². The van der Waals surface area contributed by atoms with Crippen LogP contribution in [0.1, 0.15) is 37.7 Å². The van der Waals surface area contributed by atoms with E-state index in [-0.39, 0.29) is 0 Å². The van der Waals surface area contributed by atoms with Gasteiger partial charge in [0, 0.05) is 0 Å². The summed E-state index contributed by atoms with van der Waals surface area (Å²) in [5.74, 6) is 1.33. The minimum atomic E-state index is 1.25. The molecule has 0 heterocycles. The second kappa shape index (κ2) is 8.84. The summed E-state index contributed by atoms with van der Waals surface area (Å²) in [6.45, 7) is 0. The first-order chi connectivity index (χ1) is 7.43. The van der Waals surface area contributed by atoms with Crippen LogP contribution in [-0.4, -0.2) is 12.0 Å². The molecule has 84 valence electrons. The Hall–Kier alpha value is -0.430. The largest absolute Gasteiger partial charge is 0.165 e. The zero-order chi connectivity index (χ0) is 10.8. The van der Waals surface area contributed by atoms with E-state index in [1.54, 1.807) is 0 Å². The average Bonchev–Trinajstić information content (AvgIpc) is 2.29. The highest BCUT2D eigenvalue weighted by molar-refractivity contribution is 7.98. The summed E-state index contributed by atoms with van der Waals surface area (Å²) in [5, 5.41) is 0. The molecule has 0 aromatic heterocycles. The van der Waals surface area contributed by atoms with Gasteiger partial charge in [-0.25, -0.2) is 0 Å². The van der Waals surface area contributed by atoms with Crippen LogP contribution in [0, 0.1) is 0 Å². The SMILES string of the molecule is CSCCCCCCCc1ccccc1. The van der Waals surface area contributed by atoms with Crippen molar-refractivity contribution in [1.29, 1.82) is 0 Å². The molecule has 0 bridgehead atoms. The van der Waals surface area contributed by atoms with Crippen molar-refractivity contribution in [2.75, 3.05) is 12.0 Å². The molecule has 0 aliphatic carbocycles. The molecule has 0 nitrogen and oxygen atoms in total. The van der Waals surface area contributed by atoms with Crippen molar-refractivity contribution in [1.82, 2.24) is 0 Å². The van der Waals surface area contributed by atoms with Gasteiger partial charge in [0.15, 0.2) is 0 Å². The topological polar surface area (TPSA) is 0 Å². The van der Waals surface area contributed by atoms with Crippen LogP contribution < -0.4 is 0 Å². The summed E-state index contributed by atoms with van der Waals surface area (Å²) < 4.78 is 0. The number of thioether (sulfide) groups is 1. The zero-order valence-corrected chi connectivity index (χ0v) is 10.6. The Kier molecular flexibility index (Phi) is 7.45. The van der Waals surface area contributed by atoms with Crippen molar-refractivity contribution in [3.05, 3.63) is 35.9 Å². The van der Waals surface area contributed by atoms with Crippen molar-refractivity contribution < 1.29 is 0 Å². The molecule has 0 radical (unpaired) electrons. The molecule has 0 unspecified atom stereocenters. The molecule has 1 rings (SSSR count). The van der Waals surface area contributed by atoms with Gasteiger partial charge >= 0.3 is 0 Å². The van der Waals surface area contributed by atoms with Gasteiger partial charge in [-0.05, 0) is 36.8 Å². The average molecular weight is 222 g/mol. The smallest absolute Gasteiger partial charge is 0.00703 e. The van der Waals surface area contributed by atoms with E-state index in [4.69, 9.17) is 0 Å². The van der Waals surface area contributed by atoms with Crippen LogP contribution in [0.5, 0.6) is 0 Å². The van der Waals surface area contributed by atoms with Crippen LogP contribution in [0.25, 0.3) is 0 Å². The molecular formula is C14H22S. The Balaban J connectivity index is 1.93. The van der Waals surface area contributed by atoms with E-state index in [2.05, 4.69) is 36.6 Å². The lowest BCUT2D eigenvalue weighted by molar-refractivity contribution is 0.635. The number of rotatable bonds is 8. The number of hydrogen-bond acceptors (Lipinski definition) is 1. The maximum Gasteiger partial charge on any atom is -0.00703 e. The number of aryl methyl sites for hydroxylation is 1. The molecule has 0 amide bonds. The summed E-state index contributed by atoms with van der Waals surface area (Å²) in [6, 6.07) is 10.8. The van der Waals surface area contributed by atoms with Gasteiger partial charge in [0.05, 0.1) is 0 Å². The summed E-state index contributed by atoms with van der Waals surface area (Å²) in [5.41, 5.74) is 1.49. The van der Waals surface area contributed by atoms with Crippen molar-refractivity contribution in [3.8, 4) is 0 Å². The van der Waals surface area contributed by atoms with Crippen LogP contribution in [0.2, 0.25) is 0 Å². The number of benzene rings is 1. The Morgan fingerprint density at radius 3 is 2.27 bits per heavy atom. The molecule has 1 heteroatoms. The summed E-state index contributed by atoms with van der Waals surface area (Å²) >= 11 is 1.96. The first-order valence-electron chi connectivity index (χ1n) is 5.96. The minimum absolute atomic E-state index is 1.25. The van der Waals surface area contributed by atoms with Crippen LogP contribution in [-0.2, 0) is 6.42 Å². The second-order valence-electron chi connectivity index (χ2n) is 4.00. The summed E-state index contributed by atoms with van der Waals surface area (Å²) in [7, 11) is 0. The first kappa shape index (κ1) is 12.6. The normalized spacial score (nSPS) is 10.5. The molecule has 0 aliphatic heterocycles.